The molecular formula is C15H20O2. The van der Waals surface area contributed by atoms with Gasteiger partial charge in [-0.15, -0.1) is 0 Å². The maximum atomic E-state index is 11.9. The highest BCUT2D eigenvalue weighted by atomic mass is 16.5. The zero-order valence-electron chi connectivity index (χ0n) is 10.3. The van der Waals surface area contributed by atoms with Crippen molar-refractivity contribution in [1.29, 1.82) is 0 Å². The van der Waals surface area contributed by atoms with Gasteiger partial charge in [-0.2, -0.15) is 0 Å². The summed E-state index contributed by atoms with van der Waals surface area (Å²) in [6.45, 7) is 1.64. The molecule has 0 N–H and O–H groups in total. The highest BCUT2D eigenvalue weighted by Crippen LogP contribution is 2.12. The van der Waals surface area contributed by atoms with Crippen molar-refractivity contribution in [2.75, 3.05) is 13.2 Å². The van der Waals surface area contributed by atoms with Crippen molar-refractivity contribution in [3.8, 4) is 0 Å². The minimum Gasteiger partial charge on any atom is -0.381 e. The standard InChI is InChI=1S/C15H20O2/c16-15-5-3-1-2-4-11-17-12-10-13-6-8-14(15)9-7-13/h6-9H,1-5,10-12H2. The van der Waals surface area contributed by atoms with Gasteiger partial charge in [0.25, 0.3) is 0 Å². The number of Topliss-reactive ketones (excluding diaryl/α,β-unsaturated/α-hetero) is 1. The lowest BCUT2D eigenvalue weighted by molar-refractivity contribution is 0.0978. The number of benzene rings is 1. The lowest BCUT2D eigenvalue weighted by Gasteiger charge is -2.07. The smallest absolute Gasteiger partial charge is 0.162 e. The summed E-state index contributed by atoms with van der Waals surface area (Å²) in [6, 6.07) is 7.98. The van der Waals surface area contributed by atoms with Gasteiger partial charge in [-0.25, -0.2) is 0 Å². The van der Waals surface area contributed by atoms with Crippen LogP contribution < -0.4 is 0 Å². The highest BCUT2D eigenvalue weighted by molar-refractivity contribution is 5.96. The molecule has 2 nitrogen and oxygen atoms in total. The van der Waals surface area contributed by atoms with Crippen LogP contribution in [0.5, 0.6) is 0 Å². The van der Waals surface area contributed by atoms with E-state index in [1.54, 1.807) is 0 Å². The lowest BCUT2D eigenvalue weighted by Crippen LogP contribution is -2.03. The Morgan fingerprint density at radius 1 is 0.824 bits per heavy atom. The molecule has 0 radical (unpaired) electrons. The first-order chi connectivity index (χ1) is 8.36. The molecule has 0 spiro atoms. The van der Waals surface area contributed by atoms with E-state index < -0.39 is 0 Å². The summed E-state index contributed by atoms with van der Waals surface area (Å²) in [5, 5.41) is 0. The van der Waals surface area contributed by atoms with Crippen LogP contribution in [-0.4, -0.2) is 19.0 Å². The summed E-state index contributed by atoms with van der Waals surface area (Å²) in [4.78, 5) is 11.9. The number of carbonyl (C=O) groups is 1. The third-order valence-electron chi connectivity index (χ3n) is 3.25. The van der Waals surface area contributed by atoms with Crippen LogP contribution in [0, 0.1) is 0 Å². The number of hydrogen-bond acceptors (Lipinski definition) is 2. The molecule has 1 aromatic carbocycles. The molecule has 0 atom stereocenters. The van der Waals surface area contributed by atoms with E-state index in [1.165, 1.54) is 12.0 Å². The molecule has 0 saturated carbocycles. The van der Waals surface area contributed by atoms with Crippen molar-refractivity contribution in [1.82, 2.24) is 0 Å². The molecule has 2 aliphatic heterocycles. The summed E-state index contributed by atoms with van der Waals surface area (Å²) in [5.74, 6) is 0.282. The van der Waals surface area contributed by atoms with Gasteiger partial charge in [0.1, 0.15) is 0 Å². The van der Waals surface area contributed by atoms with Crippen LogP contribution in [0.2, 0.25) is 0 Å². The lowest BCUT2D eigenvalue weighted by atomic mass is 10.0. The van der Waals surface area contributed by atoms with Crippen molar-refractivity contribution in [3.05, 3.63) is 35.4 Å². The minimum absolute atomic E-state index is 0.282. The maximum Gasteiger partial charge on any atom is 0.162 e. The van der Waals surface area contributed by atoms with Crippen LogP contribution >= 0.6 is 0 Å². The Morgan fingerprint density at radius 3 is 2.41 bits per heavy atom. The topological polar surface area (TPSA) is 26.3 Å². The van der Waals surface area contributed by atoms with Crippen molar-refractivity contribution in [2.45, 2.75) is 38.5 Å². The maximum absolute atomic E-state index is 11.9. The summed E-state index contributed by atoms with van der Waals surface area (Å²) in [7, 11) is 0. The fourth-order valence-electron chi connectivity index (χ4n) is 2.14. The van der Waals surface area contributed by atoms with Crippen LogP contribution in [-0.2, 0) is 11.2 Å². The second-order valence-corrected chi connectivity index (χ2v) is 4.65. The van der Waals surface area contributed by atoms with Crippen molar-refractivity contribution in [3.63, 3.8) is 0 Å². The zero-order chi connectivity index (χ0) is 11.9. The number of ether oxygens (including phenoxy) is 1. The Balaban J connectivity index is 2.03. The van der Waals surface area contributed by atoms with E-state index in [4.69, 9.17) is 4.74 Å². The van der Waals surface area contributed by atoms with E-state index >= 15 is 0 Å². The normalized spacial score (nSPS) is 18.9. The largest absolute Gasteiger partial charge is 0.381 e. The quantitative estimate of drug-likeness (QED) is 0.685. The average Bonchev–Trinajstić information content (AvgIpc) is 2.37. The van der Waals surface area contributed by atoms with Crippen LogP contribution in [0.4, 0.5) is 0 Å². The Labute approximate surface area is 103 Å². The van der Waals surface area contributed by atoms with Gasteiger partial charge in [-0.05, 0) is 24.8 Å². The number of fused-ring (bicyclic) bond motifs is 11. The molecule has 3 rings (SSSR count). The fourth-order valence-corrected chi connectivity index (χ4v) is 2.14. The Morgan fingerprint density at radius 2 is 1.59 bits per heavy atom. The summed E-state index contributed by atoms with van der Waals surface area (Å²) in [6.07, 6.45) is 6.04. The van der Waals surface area contributed by atoms with E-state index in [0.29, 0.717) is 6.42 Å². The highest BCUT2D eigenvalue weighted by Gasteiger charge is 2.06. The molecule has 1 aromatic rings. The van der Waals surface area contributed by atoms with Gasteiger partial charge < -0.3 is 4.74 Å². The molecular weight excluding hydrogens is 212 g/mol. The third kappa shape index (κ3) is 3.97. The predicted octanol–water partition coefficient (Wildman–Crippen LogP) is 3.39. The number of ketones is 1. The number of rotatable bonds is 0. The van der Waals surface area contributed by atoms with Crippen molar-refractivity contribution in [2.24, 2.45) is 0 Å². The van der Waals surface area contributed by atoms with Crippen molar-refractivity contribution < 1.29 is 9.53 Å². The summed E-state index contributed by atoms with van der Waals surface area (Å²) < 4.78 is 5.59. The van der Waals surface area contributed by atoms with Gasteiger partial charge in [-0.3, -0.25) is 4.79 Å². The van der Waals surface area contributed by atoms with Gasteiger partial charge in [0.15, 0.2) is 5.78 Å². The molecule has 2 bridgehead atoms. The van der Waals surface area contributed by atoms with E-state index in [-0.39, 0.29) is 5.78 Å². The molecule has 0 unspecified atom stereocenters. The first kappa shape index (κ1) is 12.3. The van der Waals surface area contributed by atoms with Crippen LogP contribution in [0.1, 0.15) is 48.0 Å². The first-order valence-corrected chi connectivity index (χ1v) is 6.56. The molecule has 0 fully saturated rings. The molecule has 0 aliphatic carbocycles. The van der Waals surface area contributed by atoms with Crippen LogP contribution in [0.25, 0.3) is 0 Å². The molecule has 2 aliphatic rings. The Kier molecular flexibility index (Phi) is 4.75. The second-order valence-electron chi connectivity index (χ2n) is 4.65. The first-order valence-electron chi connectivity index (χ1n) is 6.56. The molecule has 0 saturated heterocycles. The zero-order valence-corrected chi connectivity index (χ0v) is 10.3. The fraction of sp³-hybridized carbons (Fsp3) is 0.533. The Bertz CT molecular complexity index is 354. The summed E-state index contributed by atoms with van der Waals surface area (Å²) in [5.41, 5.74) is 2.10. The molecule has 2 heteroatoms. The van der Waals surface area contributed by atoms with Crippen molar-refractivity contribution >= 4 is 5.78 Å². The van der Waals surface area contributed by atoms with Crippen LogP contribution in [0.15, 0.2) is 24.3 Å². The van der Waals surface area contributed by atoms with E-state index in [9.17, 15) is 4.79 Å². The average molecular weight is 232 g/mol. The molecule has 17 heavy (non-hydrogen) atoms. The van der Waals surface area contributed by atoms with E-state index in [2.05, 4.69) is 0 Å². The monoisotopic (exact) mass is 232 g/mol. The molecule has 0 aromatic heterocycles. The molecule has 92 valence electrons. The van der Waals surface area contributed by atoms with Gasteiger partial charge in [0.05, 0.1) is 6.61 Å². The predicted molar refractivity (Wildman–Crippen MR) is 68.4 cm³/mol. The second kappa shape index (κ2) is 6.55. The van der Waals surface area contributed by atoms with Gasteiger partial charge in [0, 0.05) is 18.6 Å². The van der Waals surface area contributed by atoms with E-state index in [0.717, 1.165) is 44.5 Å². The van der Waals surface area contributed by atoms with E-state index in [1.807, 2.05) is 24.3 Å². The SMILES string of the molecule is O=C1CCCCCCOCCc2ccc1cc2. The minimum atomic E-state index is 0.282. The molecule has 0 amide bonds. The number of carbonyl (C=O) groups excluding carboxylic acids is 1. The summed E-state index contributed by atoms with van der Waals surface area (Å²) >= 11 is 0. The number of hydrogen-bond donors (Lipinski definition) is 0. The van der Waals surface area contributed by atoms with Crippen LogP contribution in [0.3, 0.4) is 0 Å². The third-order valence-corrected chi connectivity index (χ3v) is 3.25. The van der Waals surface area contributed by atoms with Gasteiger partial charge in [0.2, 0.25) is 0 Å². The molecule has 2 heterocycles. The van der Waals surface area contributed by atoms with Gasteiger partial charge in [-0.1, -0.05) is 37.1 Å². The van der Waals surface area contributed by atoms with Gasteiger partial charge >= 0.3 is 0 Å². The Hall–Kier alpha value is -1.15.